The summed E-state index contributed by atoms with van der Waals surface area (Å²) in [4.78, 5) is 13.3. The highest BCUT2D eigenvalue weighted by molar-refractivity contribution is 6.36. The van der Waals surface area contributed by atoms with Crippen molar-refractivity contribution in [1.82, 2.24) is 15.0 Å². The number of hydrogen-bond donors (Lipinski definition) is 3. The van der Waals surface area contributed by atoms with Crippen LogP contribution in [0.5, 0.6) is 0 Å². The Labute approximate surface area is 189 Å². The van der Waals surface area contributed by atoms with Gasteiger partial charge in [-0.2, -0.15) is 20.2 Å². The van der Waals surface area contributed by atoms with Crippen LogP contribution < -0.4 is 10.6 Å². The van der Waals surface area contributed by atoms with Gasteiger partial charge in [-0.05, 0) is 42.0 Å². The Morgan fingerprint density at radius 3 is 2.35 bits per heavy atom. The monoisotopic (exact) mass is 458 g/mol. The lowest BCUT2D eigenvalue weighted by atomic mass is 10.1. The first-order chi connectivity index (χ1) is 15.1. The summed E-state index contributed by atoms with van der Waals surface area (Å²) in [5.74, 6) is 1.16. The molecule has 0 aliphatic heterocycles. The van der Waals surface area contributed by atoms with E-state index in [2.05, 4.69) is 31.7 Å². The second-order valence-electron chi connectivity index (χ2n) is 6.35. The van der Waals surface area contributed by atoms with Crippen molar-refractivity contribution in [3.05, 3.63) is 69.5 Å². The maximum Gasteiger partial charge on any atom is 0.232 e. The highest BCUT2D eigenvalue weighted by Gasteiger charge is 2.12. The molecule has 8 nitrogen and oxygen atoms in total. The van der Waals surface area contributed by atoms with Gasteiger partial charge in [-0.1, -0.05) is 29.3 Å². The molecule has 160 valence electrons. The van der Waals surface area contributed by atoms with Crippen molar-refractivity contribution in [2.45, 2.75) is 6.42 Å². The zero-order valence-electron chi connectivity index (χ0n) is 16.5. The van der Waals surface area contributed by atoms with Gasteiger partial charge in [0.15, 0.2) is 0 Å². The van der Waals surface area contributed by atoms with Crippen LogP contribution in [0.3, 0.4) is 0 Å². The second kappa shape index (κ2) is 11.4. The summed E-state index contributed by atoms with van der Waals surface area (Å²) in [7, 11) is 0. The number of nitrogens with zero attached hydrogens (tertiary/aromatic N) is 4. The molecule has 0 aliphatic rings. The summed E-state index contributed by atoms with van der Waals surface area (Å²) in [6.07, 6.45) is 0.318. The second-order valence-corrected chi connectivity index (χ2v) is 7.17. The standard InChI is InChI=1S/C21H20Cl2N6O2/c22-17-2-1-3-18(23)16(17)12-19-27-20(25-8-10-31-11-9-30)29-21(28-19)26-15-6-4-14(13-24)5-7-15/h1-7,30H,8-12H2,(H2,25,26,27,28,29). The molecular weight excluding hydrogens is 439 g/mol. The minimum Gasteiger partial charge on any atom is -0.394 e. The molecule has 10 heteroatoms. The predicted molar refractivity (Wildman–Crippen MR) is 120 cm³/mol. The maximum atomic E-state index is 8.96. The molecule has 0 bridgehead atoms. The summed E-state index contributed by atoms with van der Waals surface area (Å²) in [5, 5.41) is 25.0. The summed E-state index contributed by atoms with van der Waals surface area (Å²) in [5.41, 5.74) is 2.00. The molecule has 0 saturated carbocycles. The molecule has 2 aromatic carbocycles. The van der Waals surface area contributed by atoms with Crippen molar-refractivity contribution in [1.29, 1.82) is 5.26 Å². The third kappa shape index (κ3) is 6.77. The lowest BCUT2D eigenvalue weighted by Crippen LogP contribution is -2.15. The number of nitrogens with one attached hydrogen (secondary N) is 2. The smallest absolute Gasteiger partial charge is 0.232 e. The summed E-state index contributed by atoms with van der Waals surface area (Å²) < 4.78 is 5.25. The number of hydrogen-bond acceptors (Lipinski definition) is 8. The van der Waals surface area contributed by atoms with Crippen molar-refractivity contribution < 1.29 is 9.84 Å². The van der Waals surface area contributed by atoms with Gasteiger partial charge in [-0.3, -0.25) is 0 Å². The minimum atomic E-state index is -0.0346. The number of ether oxygens (including phenoxy) is 1. The Bertz CT molecular complexity index is 1040. The average Bonchev–Trinajstić information content (AvgIpc) is 2.77. The van der Waals surface area contributed by atoms with Crippen LogP contribution in [0.1, 0.15) is 17.0 Å². The molecule has 0 aliphatic carbocycles. The molecule has 0 spiro atoms. The van der Waals surface area contributed by atoms with Gasteiger partial charge in [-0.15, -0.1) is 0 Å². The predicted octanol–water partition coefficient (Wildman–Crippen LogP) is 3.81. The lowest BCUT2D eigenvalue weighted by molar-refractivity contribution is 0.0991. The molecule has 0 radical (unpaired) electrons. The Hall–Kier alpha value is -2.96. The van der Waals surface area contributed by atoms with Crippen LogP contribution in [-0.2, 0) is 11.2 Å². The van der Waals surface area contributed by atoms with Crippen LogP contribution in [0.15, 0.2) is 42.5 Å². The molecule has 0 unspecified atom stereocenters. The van der Waals surface area contributed by atoms with Crippen molar-refractivity contribution in [3.8, 4) is 6.07 Å². The van der Waals surface area contributed by atoms with Gasteiger partial charge >= 0.3 is 0 Å². The van der Waals surface area contributed by atoms with E-state index in [0.717, 1.165) is 11.3 Å². The Morgan fingerprint density at radius 1 is 0.968 bits per heavy atom. The van der Waals surface area contributed by atoms with Crippen LogP contribution in [0.2, 0.25) is 10.0 Å². The SMILES string of the molecule is N#Cc1ccc(Nc2nc(Cc3c(Cl)cccc3Cl)nc(NCCOCCO)n2)cc1. The molecule has 0 saturated heterocycles. The number of aliphatic hydroxyl groups is 1. The first kappa shape index (κ1) is 22.7. The van der Waals surface area contributed by atoms with E-state index in [9.17, 15) is 0 Å². The number of aliphatic hydroxyl groups excluding tert-OH is 1. The van der Waals surface area contributed by atoms with Crippen LogP contribution in [-0.4, -0.2) is 46.4 Å². The molecule has 0 atom stereocenters. The number of rotatable bonds is 10. The minimum absolute atomic E-state index is 0.0346. The number of nitriles is 1. The summed E-state index contributed by atoms with van der Waals surface area (Å²) in [6.45, 7) is 1.07. The molecule has 1 aromatic heterocycles. The van der Waals surface area contributed by atoms with Crippen LogP contribution in [0.25, 0.3) is 0 Å². The Kier molecular flexibility index (Phi) is 8.38. The highest BCUT2D eigenvalue weighted by atomic mass is 35.5. The number of anilines is 3. The van der Waals surface area contributed by atoms with Gasteiger partial charge in [0.1, 0.15) is 5.82 Å². The van der Waals surface area contributed by atoms with Gasteiger partial charge in [0.2, 0.25) is 11.9 Å². The van der Waals surface area contributed by atoms with Crippen molar-refractivity contribution in [2.24, 2.45) is 0 Å². The fourth-order valence-electron chi connectivity index (χ4n) is 2.65. The van der Waals surface area contributed by atoms with Crippen LogP contribution in [0.4, 0.5) is 17.6 Å². The van der Waals surface area contributed by atoms with Crippen molar-refractivity contribution >= 4 is 40.8 Å². The van der Waals surface area contributed by atoms with Gasteiger partial charge in [0.05, 0.1) is 31.5 Å². The molecular formula is C21H20Cl2N6O2. The highest BCUT2D eigenvalue weighted by Crippen LogP contribution is 2.26. The summed E-state index contributed by atoms with van der Waals surface area (Å²) in [6, 6.07) is 14.3. The first-order valence-corrected chi connectivity index (χ1v) is 10.2. The third-order valence-electron chi connectivity index (χ3n) is 4.11. The fourth-order valence-corrected chi connectivity index (χ4v) is 3.18. The van der Waals surface area contributed by atoms with Gasteiger partial charge in [0, 0.05) is 28.7 Å². The number of aromatic nitrogens is 3. The molecule has 3 rings (SSSR count). The van der Waals surface area contributed by atoms with Crippen molar-refractivity contribution in [3.63, 3.8) is 0 Å². The van der Waals surface area contributed by atoms with E-state index in [1.165, 1.54) is 0 Å². The fraction of sp³-hybridized carbons (Fsp3) is 0.238. The average molecular weight is 459 g/mol. The van der Waals surface area contributed by atoms with E-state index in [1.807, 2.05) is 0 Å². The van der Waals surface area contributed by atoms with E-state index in [0.29, 0.717) is 52.9 Å². The Balaban J connectivity index is 1.83. The van der Waals surface area contributed by atoms with E-state index < -0.39 is 0 Å². The molecule has 0 fully saturated rings. The van der Waals surface area contributed by atoms with Gasteiger partial charge < -0.3 is 20.5 Å². The quantitative estimate of drug-likeness (QED) is 0.392. The van der Waals surface area contributed by atoms with Crippen LogP contribution >= 0.6 is 23.2 Å². The number of benzene rings is 2. The molecule has 3 N–H and O–H groups in total. The van der Waals surface area contributed by atoms with E-state index in [-0.39, 0.29) is 13.2 Å². The zero-order chi connectivity index (χ0) is 22.1. The molecule has 31 heavy (non-hydrogen) atoms. The normalized spacial score (nSPS) is 10.5. The van der Waals surface area contributed by atoms with Crippen molar-refractivity contribution in [2.75, 3.05) is 37.0 Å². The van der Waals surface area contributed by atoms with E-state index in [4.69, 9.17) is 38.3 Å². The molecule has 1 heterocycles. The first-order valence-electron chi connectivity index (χ1n) is 9.46. The number of halogens is 2. The van der Waals surface area contributed by atoms with Crippen LogP contribution in [0, 0.1) is 11.3 Å². The lowest BCUT2D eigenvalue weighted by Gasteiger charge is -2.12. The molecule has 0 amide bonds. The molecule has 3 aromatic rings. The largest absolute Gasteiger partial charge is 0.394 e. The van der Waals surface area contributed by atoms with Gasteiger partial charge in [0.25, 0.3) is 0 Å². The Morgan fingerprint density at radius 2 is 1.68 bits per heavy atom. The zero-order valence-corrected chi connectivity index (χ0v) is 18.0. The maximum absolute atomic E-state index is 8.96. The topological polar surface area (TPSA) is 116 Å². The van der Waals surface area contributed by atoms with E-state index in [1.54, 1.807) is 42.5 Å². The van der Waals surface area contributed by atoms with Gasteiger partial charge in [-0.25, -0.2) is 0 Å². The summed E-state index contributed by atoms with van der Waals surface area (Å²) >= 11 is 12.6. The van der Waals surface area contributed by atoms with E-state index >= 15 is 0 Å². The third-order valence-corrected chi connectivity index (χ3v) is 4.82.